The molecule has 0 radical (unpaired) electrons. The Bertz CT molecular complexity index is 1000. The number of nitrogens with zero attached hydrogens (tertiary/aromatic N) is 2. The van der Waals surface area contributed by atoms with E-state index in [0.29, 0.717) is 12.5 Å². The van der Waals surface area contributed by atoms with Crippen molar-refractivity contribution >= 4 is 23.2 Å². The summed E-state index contributed by atoms with van der Waals surface area (Å²) in [5.74, 6) is -1.68. The van der Waals surface area contributed by atoms with Gasteiger partial charge in [0.15, 0.2) is 0 Å². The molecule has 3 N–H and O–H groups in total. The summed E-state index contributed by atoms with van der Waals surface area (Å²) in [7, 11) is 0. The number of nitrogens with one attached hydrogen (secondary N) is 1. The van der Waals surface area contributed by atoms with Crippen LogP contribution in [0.25, 0.3) is 0 Å². The van der Waals surface area contributed by atoms with Crippen LogP contribution in [0.4, 0.5) is 0 Å². The number of aliphatic hydroxyl groups excluding tert-OH is 2. The minimum atomic E-state index is -1.54. The normalized spacial score (nSPS) is 20.5. The Kier molecular flexibility index (Phi) is 8.92. The molecule has 7 nitrogen and oxygen atoms in total. The third-order valence-electron chi connectivity index (χ3n) is 7.42. The molecule has 8 heteroatoms. The topological polar surface area (TPSA) is 103 Å². The fourth-order valence-electron chi connectivity index (χ4n) is 5.58. The molecule has 2 aromatic rings. The molecule has 35 heavy (non-hydrogen) atoms. The second-order valence-electron chi connectivity index (χ2n) is 9.99. The van der Waals surface area contributed by atoms with E-state index >= 15 is 0 Å². The van der Waals surface area contributed by atoms with Crippen LogP contribution in [0.1, 0.15) is 66.8 Å². The quantitative estimate of drug-likeness (QED) is 0.492. The number of carbonyl (C=O) groups is 2. The molecular weight excluding hydrogens is 462 g/mol. The third kappa shape index (κ3) is 6.48. The van der Waals surface area contributed by atoms with Crippen molar-refractivity contribution in [2.24, 2.45) is 11.8 Å². The Balaban J connectivity index is 1.31. The second kappa shape index (κ2) is 12.1. The largest absolute Gasteiger partial charge is 0.395 e. The maximum absolute atomic E-state index is 13.2. The Morgan fingerprint density at radius 1 is 1.20 bits per heavy atom. The van der Waals surface area contributed by atoms with E-state index in [1.807, 2.05) is 11.4 Å². The minimum Gasteiger partial charge on any atom is -0.395 e. The van der Waals surface area contributed by atoms with Gasteiger partial charge in [0, 0.05) is 24.4 Å². The van der Waals surface area contributed by atoms with Gasteiger partial charge in [0.1, 0.15) is 11.1 Å². The van der Waals surface area contributed by atoms with Gasteiger partial charge < -0.3 is 20.4 Å². The van der Waals surface area contributed by atoms with Crippen molar-refractivity contribution in [1.29, 1.82) is 0 Å². The molecule has 4 rings (SSSR count). The van der Waals surface area contributed by atoms with Crippen LogP contribution in [0.5, 0.6) is 0 Å². The zero-order valence-electron chi connectivity index (χ0n) is 20.5. The molecule has 1 saturated carbocycles. The summed E-state index contributed by atoms with van der Waals surface area (Å²) in [6, 6.07) is 8.42. The number of hydrogen-bond acceptors (Lipinski definition) is 6. The lowest BCUT2D eigenvalue weighted by Gasteiger charge is -2.35. The summed E-state index contributed by atoms with van der Waals surface area (Å²) in [6.07, 6.45) is 6.92. The molecule has 1 aliphatic heterocycles. The lowest BCUT2D eigenvalue weighted by molar-refractivity contribution is -0.151. The number of aryl methyl sites for hydroxylation is 1. The van der Waals surface area contributed by atoms with Gasteiger partial charge in [0.25, 0.3) is 5.91 Å². The zero-order valence-corrected chi connectivity index (χ0v) is 21.3. The summed E-state index contributed by atoms with van der Waals surface area (Å²) in [4.78, 5) is 32.3. The highest BCUT2D eigenvalue weighted by Gasteiger charge is 2.41. The summed E-state index contributed by atoms with van der Waals surface area (Å²) in [5.41, 5.74) is 3.32. The number of aliphatic hydroxyl groups is 2. The van der Waals surface area contributed by atoms with Gasteiger partial charge in [-0.25, -0.2) is 4.98 Å². The highest BCUT2D eigenvalue weighted by molar-refractivity contribution is 7.09. The van der Waals surface area contributed by atoms with E-state index in [-0.39, 0.29) is 12.6 Å². The van der Waals surface area contributed by atoms with Crippen LogP contribution in [0.15, 0.2) is 29.6 Å². The maximum Gasteiger partial charge on any atom is 0.252 e. The predicted octanol–water partition coefficient (Wildman–Crippen LogP) is 3.20. The monoisotopic (exact) mass is 499 g/mol. The van der Waals surface area contributed by atoms with E-state index in [9.17, 15) is 19.8 Å². The summed E-state index contributed by atoms with van der Waals surface area (Å²) >= 11 is 1.46. The van der Waals surface area contributed by atoms with Crippen LogP contribution in [0.3, 0.4) is 0 Å². The molecular formula is C27H37N3O4S. The summed E-state index contributed by atoms with van der Waals surface area (Å²) in [6.45, 7) is 2.28. The Hall–Kier alpha value is -2.29. The SMILES string of the molecule is Cc1cccc(Cc2csc(CNC(=O)C(CO)[C@@H](O)C(=O)N3CCCC3C3CCCCC3)n2)c1. The van der Waals surface area contributed by atoms with Crippen LogP contribution in [-0.4, -0.2) is 57.2 Å². The van der Waals surface area contributed by atoms with Crippen molar-refractivity contribution in [1.82, 2.24) is 15.2 Å². The molecule has 2 fully saturated rings. The van der Waals surface area contributed by atoms with Crippen molar-refractivity contribution in [3.05, 3.63) is 51.5 Å². The average Bonchev–Trinajstić information content (AvgIpc) is 3.53. The van der Waals surface area contributed by atoms with E-state index < -0.39 is 30.4 Å². The van der Waals surface area contributed by atoms with Crippen molar-refractivity contribution in [3.8, 4) is 0 Å². The van der Waals surface area contributed by atoms with Gasteiger partial charge in [0.2, 0.25) is 5.91 Å². The van der Waals surface area contributed by atoms with Gasteiger partial charge >= 0.3 is 0 Å². The first-order valence-corrected chi connectivity index (χ1v) is 13.7. The van der Waals surface area contributed by atoms with Crippen LogP contribution in [0.2, 0.25) is 0 Å². The molecule has 2 amide bonds. The van der Waals surface area contributed by atoms with Crippen molar-refractivity contribution in [2.75, 3.05) is 13.2 Å². The first kappa shape index (κ1) is 25.8. The second-order valence-corrected chi connectivity index (χ2v) is 10.9. The molecule has 1 aliphatic carbocycles. The number of rotatable bonds is 9. The fourth-order valence-corrected chi connectivity index (χ4v) is 6.31. The van der Waals surface area contributed by atoms with E-state index in [4.69, 9.17) is 0 Å². The molecule has 2 aliphatic rings. The number of hydrogen-bond donors (Lipinski definition) is 3. The van der Waals surface area contributed by atoms with Gasteiger partial charge in [0.05, 0.1) is 24.8 Å². The van der Waals surface area contributed by atoms with Crippen molar-refractivity contribution < 1.29 is 19.8 Å². The Labute approximate surface area is 211 Å². The van der Waals surface area contributed by atoms with Gasteiger partial charge in [-0.1, -0.05) is 49.1 Å². The van der Waals surface area contributed by atoms with Crippen LogP contribution in [0, 0.1) is 18.8 Å². The van der Waals surface area contributed by atoms with E-state index in [1.165, 1.54) is 41.7 Å². The Morgan fingerprint density at radius 3 is 2.74 bits per heavy atom. The van der Waals surface area contributed by atoms with Crippen LogP contribution >= 0.6 is 11.3 Å². The van der Waals surface area contributed by atoms with Crippen molar-refractivity contribution in [3.63, 3.8) is 0 Å². The zero-order chi connectivity index (χ0) is 24.8. The van der Waals surface area contributed by atoms with Gasteiger partial charge in [-0.2, -0.15) is 0 Å². The number of amides is 2. The van der Waals surface area contributed by atoms with Gasteiger partial charge in [-0.15, -0.1) is 11.3 Å². The van der Waals surface area contributed by atoms with Crippen molar-refractivity contribution in [2.45, 2.75) is 77.0 Å². The summed E-state index contributed by atoms with van der Waals surface area (Å²) < 4.78 is 0. The molecule has 1 aromatic heterocycles. The predicted molar refractivity (Wildman–Crippen MR) is 136 cm³/mol. The number of carbonyl (C=O) groups excluding carboxylic acids is 2. The number of aromatic nitrogens is 1. The van der Waals surface area contributed by atoms with E-state index in [0.717, 1.165) is 42.8 Å². The minimum absolute atomic E-state index is 0.141. The highest BCUT2D eigenvalue weighted by Crippen LogP contribution is 2.35. The fraction of sp³-hybridized carbons (Fsp3) is 0.593. The number of benzene rings is 1. The molecule has 2 heterocycles. The molecule has 1 saturated heterocycles. The average molecular weight is 500 g/mol. The smallest absolute Gasteiger partial charge is 0.252 e. The highest BCUT2D eigenvalue weighted by atomic mass is 32.1. The molecule has 190 valence electrons. The number of likely N-dealkylation sites (tertiary alicyclic amines) is 1. The van der Waals surface area contributed by atoms with Gasteiger partial charge in [-0.3, -0.25) is 9.59 Å². The molecule has 2 unspecified atom stereocenters. The van der Waals surface area contributed by atoms with E-state index in [2.05, 4.69) is 35.4 Å². The first-order valence-electron chi connectivity index (χ1n) is 12.8. The maximum atomic E-state index is 13.2. The molecule has 0 spiro atoms. The van der Waals surface area contributed by atoms with Gasteiger partial charge in [-0.05, 0) is 44.1 Å². The summed E-state index contributed by atoms with van der Waals surface area (Å²) in [5, 5.41) is 26.1. The lowest BCUT2D eigenvalue weighted by Crippen LogP contribution is -2.51. The van der Waals surface area contributed by atoms with E-state index in [1.54, 1.807) is 4.90 Å². The molecule has 3 atom stereocenters. The number of thiazole rings is 1. The molecule has 0 bridgehead atoms. The standard InChI is InChI=1S/C27H37N3O4S/c1-18-7-5-8-19(13-18)14-21-17-35-24(29-21)15-28-26(33)22(16-31)25(32)27(34)30-12-6-11-23(30)20-9-3-2-4-10-20/h5,7-8,13,17,20,22-23,25,31-32H,2-4,6,9-12,14-16H2,1H3,(H,28,33)/t22?,23?,25-/m1/s1. The lowest BCUT2D eigenvalue weighted by atomic mass is 9.82. The molecule has 1 aromatic carbocycles. The first-order chi connectivity index (χ1) is 17.0. The van der Waals surface area contributed by atoms with Crippen LogP contribution < -0.4 is 5.32 Å². The van der Waals surface area contributed by atoms with Crippen LogP contribution in [-0.2, 0) is 22.6 Å². The Morgan fingerprint density at radius 2 is 2.00 bits per heavy atom. The third-order valence-corrected chi connectivity index (χ3v) is 8.32.